The molecule has 0 saturated heterocycles. The molecule has 0 spiro atoms. The van der Waals surface area contributed by atoms with Gasteiger partial charge in [0.2, 0.25) is 5.91 Å². The van der Waals surface area contributed by atoms with Gasteiger partial charge in [0.05, 0.1) is 17.9 Å². The Morgan fingerprint density at radius 1 is 1.47 bits per heavy atom. The van der Waals surface area contributed by atoms with Gasteiger partial charge in [-0.2, -0.15) is 0 Å². The van der Waals surface area contributed by atoms with Crippen LogP contribution in [-0.2, 0) is 9.59 Å². The number of aliphatic carboxylic acids is 1. The van der Waals surface area contributed by atoms with Crippen molar-refractivity contribution >= 4 is 11.9 Å². The first-order valence-corrected chi connectivity index (χ1v) is 5.85. The van der Waals surface area contributed by atoms with Crippen LogP contribution in [0, 0.1) is 29.6 Å². The maximum atomic E-state index is 11.9. The fourth-order valence-corrected chi connectivity index (χ4v) is 2.34. The Labute approximate surface area is 102 Å². The van der Waals surface area contributed by atoms with Gasteiger partial charge in [0, 0.05) is 0 Å². The summed E-state index contributed by atoms with van der Waals surface area (Å²) in [5.74, 6) is 0.297. The second-order valence-electron chi connectivity index (χ2n) is 5.13. The molecular weight excluding hydrogens is 218 g/mol. The second-order valence-corrected chi connectivity index (χ2v) is 5.13. The Morgan fingerprint density at radius 3 is 2.41 bits per heavy atom. The Hall–Kier alpha value is -1.50. The third-order valence-corrected chi connectivity index (χ3v) is 3.47. The minimum Gasteiger partial charge on any atom is -0.481 e. The molecule has 0 aromatic heterocycles. The van der Waals surface area contributed by atoms with Crippen molar-refractivity contribution in [2.24, 2.45) is 17.3 Å². The molecule has 0 aliphatic heterocycles. The van der Waals surface area contributed by atoms with Crippen molar-refractivity contribution in [3.8, 4) is 12.3 Å². The van der Waals surface area contributed by atoms with E-state index in [0.717, 1.165) is 6.42 Å². The van der Waals surface area contributed by atoms with E-state index in [1.807, 2.05) is 6.92 Å². The van der Waals surface area contributed by atoms with Gasteiger partial charge in [0.1, 0.15) is 0 Å². The van der Waals surface area contributed by atoms with Crippen molar-refractivity contribution in [1.29, 1.82) is 0 Å². The van der Waals surface area contributed by atoms with E-state index in [4.69, 9.17) is 11.5 Å². The Morgan fingerprint density at radius 2 is 2.06 bits per heavy atom. The van der Waals surface area contributed by atoms with Crippen LogP contribution in [0.15, 0.2) is 0 Å². The lowest BCUT2D eigenvalue weighted by atomic mass is 10.1. The zero-order valence-electron chi connectivity index (χ0n) is 10.5. The smallest absolute Gasteiger partial charge is 0.307 e. The molecule has 1 saturated carbocycles. The van der Waals surface area contributed by atoms with Gasteiger partial charge in [0.15, 0.2) is 0 Å². The van der Waals surface area contributed by atoms with E-state index in [1.165, 1.54) is 0 Å². The molecule has 2 N–H and O–H groups in total. The van der Waals surface area contributed by atoms with Gasteiger partial charge in [-0.25, -0.2) is 0 Å². The third kappa shape index (κ3) is 2.60. The molecule has 0 aromatic carbocycles. The van der Waals surface area contributed by atoms with Gasteiger partial charge in [-0.05, 0) is 11.8 Å². The van der Waals surface area contributed by atoms with Crippen LogP contribution >= 0.6 is 0 Å². The normalized spacial score (nSPS) is 26.7. The molecule has 1 aliphatic carbocycles. The van der Waals surface area contributed by atoms with Crippen LogP contribution < -0.4 is 5.32 Å². The molecule has 3 atom stereocenters. The average Bonchev–Trinajstić information content (AvgIpc) is 2.81. The second kappa shape index (κ2) is 4.79. The molecule has 3 unspecified atom stereocenters. The van der Waals surface area contributed by atoms with E-state index in [1.54, 1.807) is 13.8 Å². The summed E-state index contributed by atoms with van der Waals surface area (Å²) in [6.07, 6.45) is 6.90. The summed E-state index contributed by atoms with van der Waals surface area (Å²) in [5, 5.41) is 11.7. The van der Waals surface area contributed by atoms with Gasteiger partial charge >= 0.3 is 5.97 Å². The Balaban J connectivity index is 2.62. The van der Waals surface area contributed by atoms with Gasteiger partial charge in [-0.3, -0.25) is 9.59 Å². The summed E-state index contributed by atoms with van der Waals surface area (Å²) in [6, 6.07) is -0.293. The molecule has 0 heterocycles. The molecule has 1 amide bonds. The van der Waals surface area contributed by atoms with E-state index in [0.29, 0.717) is 6.42 Å². The predicted octanol–water partition coefficient (Wildman–Crippen LogP) is 1.26. The fourth-order valence-electron chi connectivity index (χ4n) is 2.34. The van der Waals surface area contributed by atoms with Crippen molar-refractivity contribution in [2.45, 2.75) is 39.7 Å². The lowest BCUT2D eigenvalue weighted by molar-refractivity contribution is -0.140. The molecule has 0 radical (unpaired) electrons. The van der Waals surface area contributed by atoms with Crippen molar-refractivity contribution < 1.29 is 14.7 Å². The number of carboxylic acid groups (broad SMARTS) is 1. The topological polar surface area (TPSA) is 66.4 Å². The average molecular weight is 237 g/mol. The van der Waals surface area contributed by atoms with Crippen LogP contribution in [0.1, 0.15) is 33.6 Å². The Kier molecular flexibility index (Phi) is 3.82. The summed E-state index contributed by atoms with van der Waals surface area (Å²) in [5.41, 5.74) is -0.471. The quantitative estimate of drug-likeness (QED) is 0.707. The molecule has 0 bridgehead atoms. The van der Waals surface area contributed by atoms with Gasteiger partial charge in [-0.15, -0.1) is 6.42 Å². The minimum atomic E-state index is -0.914. The molecule has 17 heavy (non-hydrogen) atoms. The van der Waals surface area contributed by atoms with Crippen LogP contribution in [0.4, 0.5) is 0 Å². The number of carbonyl (C=O) groups excluding carboxylic acids is 1. The van der Waals surface area contributed by atoms with Crippen LogP contribution in [0.5, 0.6) is 0 Å². The number of hydrogen-bond acceptors (Lipinski definition) is 2. The number of hydrogen-bond donors (Lipinski definition) is 2. The molecule has 1 aliphatic rings. The first-order chi connectivity index (χ1) is 7.86. The number of terminal acetylenes is 1. The van der Waals surface area contributed by atoms with Crippen molar-refractivity contribution in [3.05, 3.63) is 0 Å². The highest BCUT2D eigenvalue weighted by Gasteiger charge is 2.65. The number of rotatable bonds is 5. The van der Waals surface area contributed by atoms with Crippen LogP contribution in [0.25, 0.3) is 0 Å². The minimum absolute atomic E-state index is 0.237. The maximum absolute atomic E-state index is 11.9. The maximum Gasteiger partial charge on any atom is 0.307 e. The van der Waals surface area contributed by atoms with Crippen LogP contribution in [0.3, 0.4) is 0 Å². The van der Waals surface area contributed by atoms with Crippen molar-refractivity contribution in [3.63, 3.8) is 0 Å². The first kappa shape index (κ1) is 13.6. The third-order valence-electron chi connectivity index (χ3n) is 3.47. The zero-order valence-corrected chi connectivity index (χ0v) is 10.5. The van der Waals surface area contributed by atoms with E-state index >= 15 is 0 Å². The predicted molar refractivity (Wildman–Crippen MR) is 64.1 cm³/mol. The number of carbonyl (C=O) groups is 2. The van der Waals surface area contributed by atoms with Gasteiger partial charge < -0.3 is 10.4 Å². The van der Waals surface area contributed by atoms with E-state index in [2.05, 4.69) is 11.2 Å². The van der Waals surface area contributed by atoms with E-state index < -0.39 is 23.2 Å². The highest BCUT2D eigenvalue weighted by molar-refractivity contribution is 5.91. The summed E-state index contributed by atoms with van der Waals surface area (Å²) < 4.78 is 0. The SMILES string of the molecule is C#CC(CCC)NC(=O)C1C(C(=O)O)C1(C)C. The summed E-state index contributed by atoms with van der Waals surface area (Å²) >= 11 is 0. The standard InChI is InChI=1S/C13H19NO3/c1-5-7-8(6-2)14-11(15)9-10(12(16)17)13(9,3)4/h2,8-10H,5,7H2,1,3-4H3,(H,14,15)(H,16,17). The summed E-state index contributed by atoms with van der Waals surface area (Å²) in [6.45, 7) is 5.57. The number of nitrogens with one attached hydrogen (secondary N) is 1. The van der Waals surface area contributed by atoms with Crippen molar-refractivity contribution in [1.82, 2.24) is 5.32 Å². The summed E-state index contributed by atoms with van der Waals surface area (Å²) in [4.78, 5) is 22.9. The molecule has 4 heteroatoms. The largest absolute Gasteiger partial charge is 0.481 e. The molecule has 0 aromatic rings. The lowest BCUT2D eigenvalue weighted by Gasteiger charge is -2.12. The molecular formula is C13H19NO3. The van der Waals surface area contributed by atoms with Crippen LogP contribution in [-0.4, -0.2) is 23.0 Å². The lowest BCUT2D eigenvalue weighted by Crippen LogP contribution is -2.36. The van der Waals surface area contributed by atoms with Crippen LogP contribution in [0.2, 0.25) is 0 Å². The van der Waals surface area contributed by atoms with E-state index in [9.17, 15) is 9.59 Å². The number of carboxylic acids is 1. The first-order valence-electron chi connectivity index (χ1n) is 5.85. The Bertz CT molecular complexity index is 367. The molecule has 1 fully saturated rings. The van der Waals surface area contributed by atoms with E-state index in [-0.39, 0.29) is 11.9 Å². The van der Waals surface area contributed by atoms with Gasteiger partial charge in [0.25, 0.3) is 0 Å². The monoisotopic (exact) mass is 237 g/mol. The van der Waals surface area contributed by atoms with Crippen molar-refractivity contribution in [2.75, 3.05) is 0 Å². The highest BCUT2D eigenvalue weighted by atomic mass is 16.4. The fraction of sp³-hybridized carbons (Fsp3) is 0.692. The molecule has 1 rings (SSSR count). The molecule has 4 nitrogen and oxygen atoms in total. The summed E-state index contributed by atoms with van der Waals surface area (Å²) in [7, 11) is 0. The molecule has 94 valence electrons. The number of amides is 1. The zero-order chi connectivity index (χ0) is 13.2. The van der Waals surface area contributed by atoms with Gasteiger partial charge in [-0.1, -0.05) is 33.1 Å². The highest BCUT2D eigenvalue weighted by Crippen LogP contribution is 2.58.